The number of amides is 2. The molecule has 0 saturated heterocycles. The van der Waals surface area contributed by atoms with E-state index in [1.165, 1.54) is 24.3 Å². The Balaban J connectivity index is 1.75. The Morgan fingerprint density at radius 1 is 1.36 bits per heavy atom. The highest BCUT2D eigenvalue weighted by Gasteiger charge is 2.16. The van der Waals surface area contributed by atoms with Crippen LogP contribution >= 0.6 is 0 Å². The maximum absolute atomic E-state index is 12.2. The number of nitrogens with zero attached hydrogens (tertiary/aromatic N) is 3. The van der Waals surface area contributed by atoms with Gasteiger partial charge < -0.3 is 15.0 Å². The molecule has 8 nitrogen and oxygen atoms in total. The SMILES string of the molecule is C[C@H](c1cccnc1)N(C)C(=O)NCCOc1ccc([N+](=O)[O-])cc1. The molecular weight excluding hydrogens is 324 g/mol. The Hall–Kier alpha value is -3.16. The van der Waals surface area contributed by atoms with Gasteiger partial charge in [0.15, 0.2) is 0 Å². The summed E-state index contributed by atoms with van der Waals surface area (Å²) in [6.45, 7) is 2.50. The maximum atomic E-state index is 12.2. The zero-order valence-electron chi connectivity index (χ0n) is 14.1. The van der Waals surface area contributed by atoms with Gasteiger partial charge in [0.2, 0.25) is 0 Å². The van der Waals surface area contributed by atoms with Crippen molar-refractivity contribution in [3.8, 4) is 5.75 Å². The fourth-order valence-corrected chi connectivity index (χ4v) is 2.14. The van der Waals surface area contributed by atoms with Gasteiger partial charge in [-0.05, 0) is 30.7 Å². The van der Waals surface area contributed by atoms with E-state index < -0.39 is 4.92 Å². The molecule has 0 aliphatic carbocycles. The lowest BCUT2D eigenvalue weighted by atomic mass is 10.1. The van der Waals surface area contributed by atoms with Gasteiger partial charge in [0, 0.05) is 31.6 Å². The van der Waals surface area contributed by atoms with Crippen molar-refractivity contribution >= 4 is 11.7 Å². The number of urea groups is 1. The first-order valence-corrected chi connectivity index (χ1v) is 7.77. The number of non-ortho nitro benzene ring substituents is 1. The van der Waals surface area contributed by atoms with Crippen LogP contribution < -0.4 is 10.1 Å². The van der Waals surface area contributed by atoms with Gasteiger partial charge in [-0.1, -0.05) is 6.07 Å². The van der Waals surface area contributed by atoms with E-state index in [0.29, 0.717) is 12.3 Å². The minimum atomic E-state index is -0.469. The molecule has 1 N–H and O–H groups in total. The molecule has 25 heavy (non-hydrogen) atoms. The third-order valence-corrected chi connectivity index (χ3v) is 3.76. The van der Waals surface area contributed by atoms with Crippen LogP contribution in [0.4, 0.5) is 10.5 Å². The number of hydrogen-bond acceptors (Lipinski definition) is 5. The largest absolute Gasteiger partial charge is 0.492 e. The minimum absolute atomic E-state index is 0.00617. The summed E-state index contributed by atoms with van der Waals surface area (Å²) in [5.74, 6) is 0.511. The van der Waals surface area contributed by atoms with E-state index in [1.807, 2.05) is 19.1 Å². The highest BCUT2D eigenvalue weighted by Crippen LogP contribution is 2.18. The molecule has 2 amide bonds. The van der Waals surface area contributed by atoms with Crippen LogP contribution in [0, 0.1) is 10.1 Å². The second-order valence-corrected chi connectivity index (χ2v) is 5.40. The normalized spacial score (nSPS) is 11.4. The molecule has 0 fully saturated rings. The van der Waals surface area contributed by atoms with Crippen LogP contribution in [-0.2, 0) is 0 Å². The molecule has 0 aliphatic heterocycles. The second kappa shape index (κ2) is 8.62. The number of aromatic nitrogens is 1. The first kappa shape index (κ1) is 18.2. The fraction of sp³-hybridized carbons (Fsp3) is 0.294. The molecular formula is C17H20N4O4. The predicted octanol–water partition coefficient (Wildman–Crippen LogP) is 2.77. The topological polar surface area (TPSA) is 97.6 Å². The Morgan fingerprint density at radius 2 is 2.08 bits per heavy atom. The van der Waals surface area contributed by atoms with E-state index in [9.17, 15) is 14.9 Å². The molecule has 2 aromatic rings. The van der Waals surface area contributed by atoms with Crippen molar-refractivity contribution in [2.45, 2.75) is 13.0 Å². The number of benzene rings is 1. The average Bonchev–Trinajstić information content (AvgIpc) is 2.65. The number of nitrogens with one attached hydrogen (secondary N) is 1. The monoisotopic (exact) mass is 344 g/mol. The number of hydrogen-bond donors (Lipinski definition) is 1. The van der Waals surface area contributed by atoms with Crippen LogP contribution in [-0.4, -0.2) is 41.0 Å². The number of nitro benzene ring substituents is 1. The Bertz CT molecular complexity index is 706. The highest BCUT2D eigenvalue weighted by atomic mass is 16.6. The van der Waals surface area contributed by atoms with E-state index >= 15 is 0 Å². The molecule has 0 saturated carbocycles. The van der Waals surface area contributed by atoms with E-state index in [2.05, 4.69) is 10.3 Å². The number of carbonyl (C=O) groups excluding carboxylic acids is 1. The second-order valence-electron chi connectivity index (χ2n) is 5.40. The van der Waals surface area contributed by atoms with Gasteiger partial charge in [-0.3, -0.25) is 15.1 Å². The summed E-state index contributed by atoms with van der Waals surface area (Å²) >= 11 is 0. The van der Waals surface area contributed by atoms with Gasteiger partial charge >= 0.3 is 6.03 Å². The highest BCUT2D eigenvalue weighted by molar-refractivity contribution is 5.74. The molecule has 132 valence electrons. The lowest BCUT2D eigenvalue weighted by Crippen LogP contribution is -2.40. The third-order valence-electron chi connectivity index (χ3n) is 3.76. The van der Waals surface area contributed by atoms with E-state index in [4.69, 9.17) is 4.74 Å². The first-order chi connectivity index (χ1) is 12.0. The lowest BCUT2D eigenvalue weighted by Gasteiger charge is -2.25. The third kappa shape index (κ3) is 5.17. The summed E-state index contributed by atoms with van der Waals surface area (Å²) in [5, 5.41) is 13.3. The molecule has 1 aromatic carbocycles. The standard InChI is InChI=1S/C17H20N4O4/c1-13(14-4-3-9-18-12-14)20(2)17(22)19-10-11-25-16-7-5-15(6-8-16)21(23)24/h3-9,12-13H,10-11H2,1-2H3,(H,19,22)/t13-/m1/s1. The Labute approximate surface area is 145 Å². The summed E-state index contributed by atoms with van der Waals surface area (Å²) in [4.78, 5) is 27.9. The summed E-state index contributed by atoms with van der Waals surface area (Å²) in [6.07, 6.45) is 3.41. The number of nitro groups is 1. The van der Waals surface area contributed by atoms with Crippen molar-refractivity contribution in [2.75, 3.05) is 20.2 Å². The van der Waals surface area contributed by atoms with E-state index in [1.54, 1.807) is 24.3 Å². The fourth-order valence-electron chi connectivity index (χ4n) is 2.14. The molecule has 0 unspecified atom stereocenters. The van der Waals surface area contributed by atoms with E-state index in [0.717, 1.165) is 5.56 Å². The summed E-state index contributed by atoms with van der Waals surface area (Å²) in [7, 11) is 1.71. The molecule has 0 aliphatic rings. The zero-order chi connectivity index (χ0) is 18.2. The smallest absolute Gasteiger partial charge is 0.317 e. The zero-order valence-corrected chi connectivity index (χ0v) is 14.1. The van der Waals surface area contributed by atoms with Crippen LogP contribution in [0.25, 0.3) is 0 Å². The van der Waals surface area contributed by atoms with Gasteiger partial charge in [0.1, 0.15) is 12.4 Å². The number of rotatable bonds is 7. The molecule has 1 heterocycles. The average molecular weight is 344 g/mol. The Morgan fingerprint density at radius 3 is 2.68 bits per heavy atom. The molecule has 1 atom stereocenters. The van der Waals surface area contributed by atoms with Crippen LogP contribution in [0.2, 0.25) is 0 Å². The van der Waals surface area contributed by atoms with Crippen molar-refractivity contribution in [2.24, 2.45) is 0 Å². The number of pyridine rings is 1. The minimum Gasteiger partial charge on any atom is -0.492 e. The van der Waals surface area contributed by atoms with Gasteiger partial charge in [0.05, 0.1) is 17.5 Å². The van der Waals surface area contributed by atoms with Crippen LogP contribution in [0.15, 0.2) is 48.8 Å². The van der Waals surface area contributed by atoms with Gasteiger partial charge in [-0.15, -0.1) is 0 Å². The van der Waals surface area contributed by atoms with Crippen LogP contribution in [0.5, 0.6) is 5.75 Å². The van der Waals surface area contributed by atoms with Crippen molar-refractivity contribution in [1.82, 2.24) is 15.2 Å². The van der Waals surface area contributed by atoms with Crippen LogP contribution in [0.1, 0.15) is 18.5 Å². The number of carbonyl (C=O) groups is 1. The van der Waals surface area contributed by atoms with Gasteiger partial charge in [-0.2, -0.15) is 0 Å². The van der Waals surface area contributed by atoms with Gasteiger partial charge in [0.25, 0.3) is 5.69 Å². The molecule has 0 bridgehead atoms. The van der Waals surface area contributed by atoms with Crippen molar-refractivity contribution in [3.05, 3.63) is 64.5 Å². The quantitative estimate of drug-likeness (QED) is 0.473. The maximum Gasteiger partial charge on any atom is 0.317 e. The van der Waals surface area contributed by atoms with E-state index in [-0.39, 0.29) is 24.4 Å². The molecule has 8 heteroatoms. The number of ether oxygens (including phenoxy) is 1. The first-order valence-electron chi connectivity index (χ1n) is 7.77. The summed E-state index contributed by atoms with van der Waals surface area (Å²) < 4.78 is 5.45. The molecule has 1 aromatic heterocycles. The van der Waals surface area contributed by atoms with Crippen molar-refractivity contribution in [3.63, 3.8) is 0 Å². The molecule has 0 spiro atoms. The van der Waals surface area contributed by atoms with Crippen LogP contribution in [0.3, 0.4) is 0 Å². The molecule has 2 rings (SSSR count). The predicted molar refractivity (Wildman–Crippen MR) is 92.4 cm³/mol. The van der Waals surface area contributed by atoms with Crippen molar-refractivity contribution < 1.29 is 14.5 Å². The Kier molecular flexibility index (Phi) is 6.27. The summed E-state index contributed by atoms with van der Waals surface area (Å²) in [6, 6.07) is 9.21. The van der Waals surface area contributed by atoms with Gasteiger partial charge in [-0.25, -0.2) is 4.79 Å². The summed E-state index contributed by atoms with van der Waals surface area (Å²) in [5.41, 5.74) is 0.953. The van der Waals surface area contributed by atoms with Crippen molar-refractivity contribution in [1.29, 1.82) is 0 Å². The lowest BCUT2D eigenvalue weighted by molar-refractivity contribution is -0.384. The molecule has 0 radical (unpaired) electrons.